The first-order valence-electron chi connectivity index (χ1n) is 10.4. The molecule has 1 aromatic heterocycles. The minimum absolute atomic E-state index is 0.0363. The zero-order valence-corrected chi connectivity index (χ0v) is 20.3. The first-order valence-corrected chi connectivity index (χ1v) is 12.6. The molecule has 10 heteroatoms. The van der Waals surface area contributed by atoms with Crippen molar-refractivity contribution in [1.82, 2.24) is 5.32 Å². The number of benzene rings is 2. The Labute approximate surface area is 213 Å². The molecule has 2 aromatic carbocycles. The van der Waals surface area contributed by atoms with Crippen LogP contribution in [-0.4, -0.2) is 22.8 Å². The van der Waals surface area contributed by atoms with E-state index >= 15 is 0 Å². The Hall–Kier alpha value is -2.77. The van der Waals surface area contributed by atoms with Crippen molar-refractivity contribution in [2.75, 3.05) is 0 Å². The number of nitriles is 1. The van der Waals surface area contributed by atoms with E-state index in [0.717, 1.165) is 28.7 Å². The fourth-order valence-corrected chi connectivity index (χ4v) is 6.07. The van der Waals surface area contributed by atoms with E-state index in [2.05, 4.69) is 5.32 Å². The number of carbonyl (C=O) groups excluding carboxylic acids is 1. The third-order valence-electron chi connectivity index (χ3n) is 5.71. The molecule has 0 saturated carbocycles. The summed E-state index contributed by atoms with van der Waals surface area (Å²) < 4.78 is 43.6. The number of alkyl halides is 3. The van der Waals surface area contributed by atoms with E-state index in [1.165, 1.54) is 24.3 Å². The number of nitrogens with one attached hydrogen (secondary N) is 1. The highest BCUT2D eigenvalue weighted by Crippen LogP contribution is 2.52. The molecule has 0 saturated heterocycles. The zero-order valence-electron chi connectivity index (χ0n) is 17.9. The van der Waals surface area contributed by atoms with E-state index in [-0.39, 0.29) is 31.8 Å². The summed E-state index contributed by atoms with van der Waals surface area (Å²) in [7, 11) is 0. The first kappa shape index (κ1) is 25.3. The molecule has 0 aliphatic carbocycles. The van der Waals surface area contributed by atoms with Crippen molar-refractivity contribution in [2.24, 2.45) is 5.92 Å². The van der Waals surface area contributed by atoms with Gasteiger partial charge < -0.3 is 10.4 Å². The number of ketones is 1. The van der Waals surface area contributed by atoms with Gasteiger partial charge >= 0.3 is 6.18 Å². The predicted octanol–water partition coefficient (Wildman–Crippen LogP) is 6.51. The molecular weight excluding hydrogens is 517 g/mol. The number of carbonyl (C=O) groups is 1. The number of thioether (sulfide) groups is 1. The average molecular weight is 535 g/mol. The minimum atomic E-state index is -5.25. The van der Waals surface area contributed by atoms with Crippen LogP contribution in [0.5, 0.6) is 0 Å². The van der Waals surface area contributed by atoms with Gasteiger partial charge in [0.25, 0.3) is 0 Å². The van der Waals surface area contributed by atoms with Gasteiger partial charge in [-0.05, 0) is 28.6 Å². The van der Waals surface area contributed by atoms with Crippen LogP contribution in [0.1, 0.15) is 26.7 Å². The highest BCUT2D eigenvalue weighted by molar-refractivity contribution is 8.02. The maximum absolute atomic E-state index is 14.5. The van der Waals surface area contributed by atoms with E-state index in [9.17, 15) is 28.3 Å². The Balaban J connectivity index is 1.92. The Morgan fingerprint density at radius 1 is 1.14 bits per heavy atom. The van der Waals surface area contributed by atoms with Crippen molar-refractivity contribution < 1.29 is 23.1 Å². The average Bonchev–Trinajstić information content (AvgIpc) is 3.37. The Kier molecular flexibility index (Phi) is 7.29. The molecule has 0 fully saturated rings. The number of Topliss-reactive ketones (excluding diaryl/α,β-unsaturated/α-hetero) is 1. The normalized spacial score (nSPS) is 22.4. The maximum Gasteiger partial charge on any atom is 0.437 e. The number of thiophene rings is 1. The molecule has 0 amide bonds. The zero-order chi connectivity index (χ0) is 25.2. The lowest BCUT2D eigenvalue weighted by Gasteiger charge is -2.45. The molecule has 2 heterocycles. The van der Waals surface area contributed by atoms with Gasteiger partial charge in [-0.1, -0.05) is 66.2 Å². The number of nitrogens with zero attached hydrogens (tertiary/aromatic N) is 1. The summed E-state index contributed by atoms with van der Waals surface area (Å²) in [5.41, 5.74) is -2.77. The molecule has 1 aliphatic rings. The second-order valence-electron chi connectivity index (χ2n) is 7.84. The van der Waals surface area contributed by atoms with E-state index in [0.29, 0.717) is 0 Å². The van der Waals surface area contributed by atoms with Crippen LogP contribution in [0.25, 0.3) is 0 Å². The molecule has 35 heavy (non-hydrogen) atoms. The van der Waals surface area contributed by atoms with E-state index in [1.807, 2.05) is 12.1 Å². The van der Waals surface area contributed by atoms with Gasteiger partial charge in [-0.2, -0.15) is 18.4 Å². The van der Waals surface area contributed by atoms with Crippen molar-refractivity contribution in [3.8, 4) is 6.07 Å². The molecule has 3 aromatic rings. The fourth-order valence-electron chi connectivity index (χ4n) is 4.05. The van der Waals surface area contributed by atoms with E-state index in [1.54, 1.807) is 41.8 Å². The monoisotopic (exact) mass is 534 g/mol. The third-order valence-corrected chi connectivity index (χ3v) is 8.03. The summed E-state index contributed by atoms with van der Waals surface area (Å²) in [6.45, 7) is 0. The van der Waals surface area contributed by atoms with Gasteiger partial charge in [-0.25, -0.2) is 0 Å². The highest BCUT2D eigenvalue weighted by atomic mass is 35.5. The summed E-state index contributed by atoms with van der Waals surface area (Å²) in [6.07, 6.45) is -5.25. The number of hydrogen-bond acceptors (Lipinski definition) is 6. The molecular formula is C25H18ClF3N2O2S2. The Bertz CT molecular complexity index is 1290. The summed E-state index contributed by atoms with van der Waals surface area (Å²) in [5.74, 6) is -4.22. The van der Waals surface area contributed by atoms with Crippen LogP contribution in [-0.2, 0) is 5.75 Å². The molecule has 0 bridgehead atoms. The first-order chi connectivity index (χ1) is 16.7. The smallest absolute Gasteiger partial charge is 0.363 e. The van der Waals surface area contributed by atoms with Gasteiger partial charge in [0.1, 0.15) is 0 Å². The molecule has 3 atom stereocenters. The van der Waals surface area contributed by atoms with Gasteiger partial charge in [0, 0.05) is 16.7 Å². The Morgan fingerprint density at radius 3 is 2.43 bits per heavy atom. The van der Waals surface area contributed by atoms with Crippen LogP contribution in [0.4, 0.5) is 13.2 Å². The molecule has 4 rings (SSSR count). The molecule has 2 N–H and O–H groups in total. The lowest BCUT2D eigenvalue weighted by Crippen LogP contribution is -2.66. The summed E-state index contributed by atoms with van der Waals surface area (Å²) in [6, 6.07) is 20.0. The number of hydrogen-bond donors (Lipinski definition) is 2. The van der Waals surface area contributed by atoms with Gasteiger partial charge in [0.05, 0.1) is 27.5 Å². The second kappa shape index (κ2) is 10.1. The van der Waals surface area contributed by atoms with Gasteiger partial charge in [-0.15, -0.1) is 23.1 Å². The summed E-state index contributed by atoms with van der Waals surface area (Å²) in [4.78, 5) is 13.5. The molecule has 180 valence electrons. The van der Waals surface area contributed by atoms with E-state index < -0.39 is 29.5 Å². The Morgan fingerprint density at radius 2 is 1.83 bits per heavy atom. The topological polar surface area (TPSA) is 73.1 Å². The number of allylic oxidation sites excluding steroid dienone is 1. The standard InChI is InChI=1S/C25H18ClF3N2O2S2/c26-18-10-5-4-9-16(18)20-17(13-30)23(35-14-15-7-2-1-3-8-15)31-24(33,25(27,28)29)21(20)22(32)19-11-6-12-34-19/h1-12,20-21,31,33H,14H2/t20-,21-,24-/m0/s1. The lowest BCUT2D eigenvalue weighted by molar-refractivity contribution is -0.285. The quantitative estimate of drug-likeness (QED) is 0.353. The lowest BCUT2D eigenvalue weighted by atomic mass is 9.70. The number of aliphatic hydroxyl groups is 1. The van der Waals surface area contributed by atoms with Crippen molar-refractivity contribution in [3.63, 3.8) is 0 Å². The van der Waals surface area contributed by atoms with Crippen molar-refractivity contribution in [3.05, 3.63) is 104 Å². The SMILES string of the molecule is N#CC1=C(SCc2ccccc2)N[C@@](O)(C(F)(F)F)[C@H](C(=O)c2cccs2)[C@H]1c1ccccc1Cl. The summed E-state index contributed by atoms with van der Waals surface area (Å²) in [5, 5.41) is 24.9. The number of halogens is 4. The van der Waals surface area contributed by atoms with Crippen molar-refractivity contribution >= 4 is 40.5 Å². The van der Waals surface area contributed by atoms with Gasteiger partial charge in [0.2, 0.25) is 5.72 Å². The summed E-state index contributed by atoms with van der Waals surface area (Å²) >= 11 is 8.29. The largest absolute Gasteiger partial charge is 0.437 e. The molecule has 1 aliphatic heterocycles. The maximum atomic E-state index is 14.5. The molecule has 4 nitrogen and oxygen atoms in total. The van der Waals surface area contributed by atoms with Crippen LogP contribution in [0.2, 0.25) is 5.02 Å². The van der Waals surface area contributed by atoms with Gasteiger partial charge in [-0.3, -0.25) is 4.79 Å². The van der Waals surface area contributed by atoms with E-state index in [4.69, 9.17) is 11.6 Å². The van der Waals surface area contributed by atoms with Crippen molar-refractivity contribution in [1.29, 1.82) is 5.26 Å². The highest BCUT2D eigenvalue weighted by Gasteiger charge is 2.66. The predicted molar refractivity (Wildman–Crippen MR) is 131 cm³/mol. The molecule has 0 spiro atoms. The fraction of sp³-hybridized carbons (Fsp3) is 0.200. The van der Waals surface area contributed by atoms with Crippen LogP contribution < -0.4 is 5.32 Å². The van der Waals surface area contributed by atoms with Crippen molar-refractivity contribution in [2.45, 2.75) is 23.6 Å². The van der Waals surface area contributed by atoms with Gasteiger partial charge in [0.15, 0.2) is 5.78 Å². The van der Waals surface area contributed by atoms with Crippen LogP contribution >= 0.6 is 34.7 Å². The third kappa shape index (κ3) is 4.84. The second-order valence-corrected chi connectivity index (χ2v) is 10.2. The minimum Gasteiger partial charge on any atom is -0.363 e. The van der Waals surface area contributed by atoms with Crippen LogP contribution in [0, 0.1) is 17.2 Å². The van der Waals surface area contributed by atoms with Crippen LogP contribution in [0.3, 0.4) is 0 Å². The molecule has 0 unspecified atom stereocenters. The van der Waals surface area contributed by atoms with Crippen LogP contribution in [0.15, 0.2) is 82.7 Å². The number of rotatable bonds is 6. The molecule has 0 radical (unpaired) electrons.